The minimum atomic E-state index is -0.479. The van der Waals surface area contributed by atoms with Crippen molar-refractivity contribution in [1.29, 1.82) is 0 Å². The van der Waals surface area contributed by atoms with Gasteiger partial charge in [-0.25, -0.2) is 4.39 Å². The third-order valence-corrected chi connectivity index (χ3v) is 6.78. The van der Waals surface area contributed by atoms with Crippen molar-refractivity contribution in [2.24, 2.45) is 5.41 Å². The molecule has 24 heavy (non-hydrogen) atoms. The van der Waals surface area contributed by atoms with Gasteiger partial charge in [0, 0.05) is 11.0 Å². The summed E-state index contributed by atoms with van der Waals surface area (Å²) in [6.45, 7) is 6.93. The highest BCUT2D eigenvalue weighted by molar-refractivity contribution is 6.33. The summed E-state index contributed by atoms with van der Waals surface area (Å²) in [5, 5.41) is 9.28. The summed E-state index contributed by atoms with van der Waals surface area (Å²) in [4.78, 5) is 0. The summed E-state index contributed by atoms with van der Waals surface area (Å²) in [6, 6.07) is 4.94. The van der Waals surface area contributed by atoms with E-state index in [1.807, 2.05) is 0 Å². The zero-order valence-electron chi connectivity index (χ0n) is 14.3. The summed E-state index contributed by atoms with van der Waals surface area (Å²) in [5.41, 5.74) is 3.94. The van der Waals surface area contributed by atoms with Gasteiger partial charge in [0.2, 0.25) is 0 Å². The topological polar surface area (TPSA) is 35.0 Å². The monoisotopic (exact) mass is 346 g/mol. The number of nitrogens with zero attached hydrogens (tertiary/aromatic N) is 2. The minimum Gasteiger partial charge on any atom is -0.494 e. The predicted molar refractivity (Wildman–Crippen MR) is 92.1 cm³/mol. The highest BCUT2D eigenvalue weighted by Gasteiger charge is 2.60. The number of hydrogen-bond donors (Lipinski definition) is 0. The maximum absolute atomic E-state index is 13.8. The van der Waals surface area contributed by atoms with Crippen LogP contribution in [0, 0.1) is 11.2 Å². The van der Waals surface area contributed by atoms with E-state index in [1.165, 1.54) is 25.2 Å². The number of aromatic nitrogens is 2. The fourth-order valence-electron chi connectivity index (χ4n) is 4.58. The molecule has 5 heteroatoms. The van der Waals surface area contributed by atoms with Gasteiger partial charge >= 0.3 is 0 Å². The van der Waals surface area contributed by atoms with Gasteiger partial charge in [-0.05, 0) is 47.9 Å². The molecule has 1 heterocycles. The van der Waals surface area contributed by atoms with E-state index in [0.717, 1.165) is 12.1 Å². The Labute approximate surface area is 146 Å². The molecule has 1 fully saturated rings. The number of rotatable bonds is 2. The van der Waals surface area contributed by atoms with Crippen LogP contribution in [0.3, 0.4) is 0 Å². The highest BCUT2D eigenvalue weighted by atomic mass is 35.5. The normalized spacial score (nSPS) is 26.5. The van der Waals surface area contributed by atoms with E-state index in [0.29, 0.717) is 22.2 Å². The van der Waals surface area contributed by atoms with Crippen LogP contribution in [0.1, 0.15) is 50.8 Å². The molecule has 0 amide bonds. The molecule has 1 saturated carbocycles. The van der Waals surface area contributed by atoms with Crippen molar-refractivity contribution in [3.8, 4) is 17.0 Å². The lowest BCUT2D eigenvalue weighted by molar-refractivity contribution is 0.226. The lowest BCUT2D eigenvalue weighted by Gasteiger charge is -2.33. The molecule has 4 rings (SSSR count). The Morgan fingerprint density at radius 1 is 1.21 bits per heavy atom. The third kappa shape index (κ3) is 1.83. The Kier molecular flexibility index (Phi) is 3.24. The smallest absolute Gasteiger partial charge is 0.166 e. The Balaban J connectivity index is 1.87. The maximum Gasteiger partial charge on any atom is 0.166 e. The molecule has 0 aliphatic heterocycles. The Hall–Kier alpha value is -1.68. The van der Waals surface area contributed by atoms with Crippen LogP contribution in [0.5, 0.6) is 5.75 Å². The molecule has 2 bridgehead atoms. The lowest BCUT2D eigenvalue weighted by atomic mass is 9.70. The first-order valence-electron chi connectivity index (χ1n) is 8.21. The van der Waals surface area contributed by atoms with Crippen molar-refractivity contribution < 1.29 is 9.13 Å². The van der Waals surface area contributed by atoms with E-state index < -0.39 is 5.82 Å². The average Bonchev–Trinajstić information content (AvgIpc) is 2.86. The van der Waals surface area contributed by atoms with Gasteiger partial charge in [-0.1, -0.05) is 32.4 Å². The van der Waals surface area contributed by atoms with Crippen molar-refractivity contribution in [1.82, 2.24) is 10.2 Å². The largest absolute Gasteiger partial charge is 0.494 e. The molecule has 2 aromatic rings. The SMILES string of the molecule is COc1cc(-c2cc3c(nn2)C2(C)CCC3C2(C)C)c(Cl)cc1F. The number of halogens is 2. The number of ether oxygens (including phenoxy) is 1. The van der Waals surface area contributed by atoms with Gasteiger partial charge in [0.1, 0.15) is 0 Å². The molecular weight excluding hydrogens is 327 g/mol. The first-order valence-corrected chi connectivity index (χ1v) is 8.59. The van der Waals surface area contributed by atoms with Crippen molar-refractivity contribution in [3.05, 3.63) is 40.3 Å². The van der Waals surface area contributed by atoms with Crippen LogP contribution in [0.2, 0.25) is 5.02 Å². The molecule has 2 unspecified atom stereocenters. The van der Waals surface area contributed by atoms with E-state index in [2.05, 4.69) is 37.0 Å². The van der Waals surface area contributed by atoms with E-state index in [-0.39, 0.29) is 16.6 Å². The summed E-state index contributed by atoms with van der Waals surface area (Å²) >= 11 is 6.24. The van der Waals surface area contributed by atoms with Gasteiger partial charge in [-0.2, -0.15) is 10.2 Å². The lowest BCUT2D eigenvalue weighted by Crippen LogP contribution is -2.32. The van der Waals surface area contributed by atoms with Crippen molar-refractivity contribution >= 4 is 11.6 Å². The fraction of sp³-hybridized carbons (Fsp3) is 0.474. The summed E-state index contributed by atoms with van der Waals surface area (Å²) in [7, 11) is 1.44. The molecule has 0 saturated heterocycles. The van der Waals surface area contributed by atoms with Crippen LogP contribution in [0.25, 0.3) is 11.3 Å². The van der Waals surface area contributed by atoms with Crippen molar-refractivity contribution in [2.75, 3.05) is 7.11 Å². The van der Waals surface area contributed by atoms with Crippen LogP contribution in [-0.2, 0) is 5.41 Å². The summed E-state index contributed by atoms with van der Waals surface area (Å²) < 4.78 is 18.9. The second kappa shape index (κ2) is 4.92. The summed E-state index contributed by atoms with van der Waals surface area (Å²) in [6.07, 6.45) is 2.32. The Bertz CT molecular complexity index is 852. The molecule has 2 atom stereocenters. The molecule has 2 aliphatic carbocycles. The quantitative estimate of drug-likeness (QED) is 0.757. The minimum absolute atomic E-state index is 0.0722. The molecule has 126 valence electrons. The second-order valence-corrected chi connectivity index (χ2v) is 8.05. The molecule has 1 aromatic carbocycles. The van der Waals surface area contributed by atoms with Gasteiger partial charge in [-0.3, -0.25) is 0 Å². The van der Waals surface area contributed by atoms with Crippen LogP contribution >= 0.6 is 11.6 Å². The van der Waals surface area contributed by atoms with Crippen molar-refractivity contribution in [2.45, 2.75) is 44.9 Å². The molecule has 2 aliphatic rings. The predicted octanol–water partition coefficient (Wildman–Crippen LogP) is 5.12. The second-order valence-electron chi connectivity index (χ2n) is 7.65. The van der Waals surface area contributed by atoms with Gasteiger partial charge in [0.25, 0.3) is 0 Å². The van der Waals surface area contributed by atoms with Crippen LogP contribution in [-0.4, -0.2) is 17.3 Å². The fourth-order valence-corrected chi connectivity index (χ4v) is 4.83. The van der Waals surface area contributed by atoms with Gasteiger partial charge in [0.15, 0.2) is 11.6 Å². The number of methoxy groups -OCH3 is 1. The number of fused-ring (bicyclic) bond motifs is 5. The average molecular weight is 347 g/mol. The maximum atomic E-state index is 13.8. The van der Waals surface area contributed by atoms with Crippen LogP contribution < -0.4 is 4.74 Å². The van der Waals surface area contributed by atoms with E-state index >= 15 is 0 Å². The van der Waals surface area contributed by atoms with E-state index in [9.17, 15) is 4.39 Å². The van der Waals surface area contributed by atoms with E-state index in [4.69, 9.17) is 16.3 Å². The molecular formula is C19H20ClFN2O. The van der Waals surface area contributed by atoms with Crippen LogP contribution in [0.4, 0.5) is 4.39 Å². The molecule has 0 N–H and O–H groups in total. The number of benzene rings is 1. The standard InChI is InChI=1S/C19H20ClFN2O/c1-18(2)12-5-6-19(18,3)17-10(12)7-15(22-23-17)11-8-16(24-4)14(21)9-13(11)20/h7-9,12H,5-6H2,1-4H3. The molecule has 1 aromatic heterocycles. The Morgan fingerprint density at radius 3 is 2.67 bits per heavy atom. The van der Waals surface area contributed by atoms with Gasteiger partial charge in [0.05, 0.1) is 23.5 Å². The van der Waals surface area contributed by atoms with Gasteiger partial charge in [-0.15, -0.1) is 0 Å². The first kappa shape index (κ1) is 15.8. The van der Waals surface area contributed by atoms with Crippen LogP contribution in [0.15, 0.2) is 18.2 Å². The first-order chi connectivity index (χ1) is 11.3. The third-order valence-electron chi connectivity index (χ3n) is 6.47. The summed E-state index contributed by atoms with van der Waals surface area (Å²) in [5.74, 6) is 0.159. The van der Waals surface area contributed by atoms with E-state index in [1.54, 1.807) is 6.07 Å². The zero-order chi connectivity index (χ0) is 17.3. The number of hydrogen-bond acceptors (Lipinski definition) is 3. The van der Waals surface area contributed by atoms with Gasteiger partial charge < -0.3 is 4.74 Å². The van der Waals surface area contributed by atoms with Crippen molar-refractivity contribution in [3.63, 3.8) is 0 Å². The zero-order valence-corrected chi connectivity index (χ0v) is 15.0. The Morgan fingerprint density at radius 2 is 1.96 bits per heavy atom. The highest BCUT2D eigenvalue weighted by Crippen LogP contribution is 2.67. The molecule has 3 nitrogen and oxygen atoms in total. The molecule has 0 radical (unpaired) electrons. The molecule has 0 spiro atoms.